The fourth-order valence-corrected chi connectivity index (χ4v) is 1.85. The molecule has 0 radical (unpaired) electrons. The van der Waals surface area contributed by atoms with E-state index in [2.05, 4.69) is 15.9 Å². The number of hydrogen-bond acceptors (Lipinski definition) is 1. The molecule has 1 nitrogen and oxygen atoms in total. The van der Waals surface area contributed by atoms with Crippen LogP contribution in [-0.2, 0) is 6.18 Å². The molecule has 0 spiro atoms. The number of rotatable bonds is 1. The van der Waals surface area contributed by atoms with Gasteiger partial charge in [-0.25, -0.2) is 0 Å². The van der Waals surface area contributed by atoms with Crippen molar-refractivity contribution in [3.63, 3.8) is 0 Å². The lowest BCUT2D eigenvalue weighted by molar-refractivity contribution is -0.138. The standard InChI is InChI=1S/C9H5BrClF3O/c1-4(15)5-2-3-6(11)8(10)7(5)9(12,13)14/h2-3H,1H3. The van der Waals surface area contributed by atoms with Crippen molar-refractivity contribution < 1.29 is 18.0 Å². The Labute approximate surface area is 97.4 Å². The monoisotopic (exact) mass is 300 g/mol. The molecule has 0 atom stereocenters. The largest absolute Gasteiger partial charge is 0.418 e. The minimum absolute atomic E-state index is 0.0766. The van der Waals surface area contributed by atoms with Crippen LogP contribution in [-0.4, -0.2) is 5.78 Å². The Morgan fingerprint density at radius 1 is 1.40 bits per heavy atom. The summed E-state index contributed by atoms with van der Waals surface area (Å²) in [6.45, 7) is 1.07. The number of halogens is 5. The molecule has 0 aliphatic heterocycles. The van der Waals surface area contributed by atoms with Gasteiger partial charge in [0.05, 0.1) is 10.6 Å². The quantitative estimate of drug-likeness (QED) is 0.706. The molecule has 1 aromatic carbocycles. The first kappa shape index (κ1) is 12.5. The predicted octanol–water partition coefficient (Wildman–Crippen LogP) is 4.32. The molecule has 0 aliphatic carbocycles. The minimum Gasteiger partial charge on any atom is -0.294 e. The van der Waals surface area contributed by atoms with Crippen LogP contribution in [0.3, 0.4) is 0 Å². The Balaban J connectivity index is 3.57. The van der Waals surface area contributed by atoms with Crippen molar-refractivity contribution >= 4 is 33.3 Å². The summed E-state index contributed by atoms with van der Waals surface area (Å²) in [7, 11) is 0. The second-order valence-corrected chi connectivity index (χ2v) is 4.04. The molecule has 1 aromatic rings. The molecule has 0 aliphatic rings. The molecule has 0 fully saturated rings. The molecule has 0 N–H and O–H groups in total. The lowest BCUT2D eigenvalue weighted by Gasteiger charge is -2.13. The summed E-state index contributed by atoms with van der Waals surface area (Å²) >= 11 is 8.27. The van der Waals surface area contributed by atoms with E-state index in [0.717, 1.165) is 13.0 Å². The van der Waals surface area contributed by atoms with Crippen molar-refractivity contribution in [1.82, 2.24) is 0 Å². The lowest BCUT2D eigenvalue weighted by atomic mass is 10.0. The molecular weight excluding hydrogens is 296 g/mol. The van der Waals surface area contributed by atoms with E-state index >= 15 is 0 Å². The molecular formula is C9H5BrClF3O. The predicted molar refractivity (Wildman–Crippen MR) is 54.2 cm³/mol. The number of Topliss-reactive ketones (excluding diaryl/α,β-unsaturated/α-hetero) is 1. The van der Waals surface area contributed by atoms with Gasteiger partial charge in [0, 0.05) is 10.0 Å². The van der Waals surface area contributed by atoms with Gasteiger partial charge in [-0.1, -0.05) is 11.6 Å². The van der Waals surface area contributed by atoms with Gasteiger partial charge < -0.3 is 0 Å². The fraction of sp³-hybridized carbons (Fsp3) is 0.222. The summed E-state index contributed by atoms with van der Waals surface area (Å²) in [5.74, 6) is -0.653. The summed E-state index contributed by atoms with van der Waals surface area (Å²) in [5, 5.41) is -0.0766. The number of alkyl halides is 3. The van der Waals surface area contributed by atoms with Gasteiger partial charge in [0.1, 0.15) is 0 Å². The molecule has 6 heteroatoms. The molecule has 0 amide bonds. The van der Waals surface area contributed by atoms with Crippen LogP contribution in [0.25, 0.3) is 0 Å². The molecule has 1 rings (SSSR count). The van der Waals surface area contributed by atoms with Crippen molar-refractivity contribution in [2.45, 2.75) is 13.1 Å². The van der Waals surface area contributed by atoms with E-state index in [9.17, 15) is 18.0 Å². The SMILES string of the molecule is CC(=O)c1ccc(Cl)c(Br)c1C(F)(F)F. The maximum atomic E-state index is 12.6. The number of carbonyl (C=O) groups excluding carboxylic acids is 1. The van der Waals surface area contributed by atoms with Crippen LogP contribution in [0.4, 0.5) is 13.2 Å². The van der Waals surface area contributed by atoms with E-state index in [1.165, 1.54) is 6.07 Å². The molecule has 15 heavy (non-hydrogen) atoms. The topological polar surface area (TPSA) is 17.1 Å². The highest BCUT2D eigenvalue weighted by molar-refractivity contribution is 9.10. The van der Waals surface area contributed by atoms with Crippen LogP contribution in [0.2, 0.25) is 5.02 Å². The van der Waals surface area contributed by atoms with Gasteiger partial charge in [0.25, 0.3) is 0 Å². The first-order valence-corrected chi connectivity index (χ1v) is 4.98. The van der Waals surface area contributed by atoms with E-state index in [0.29, 0.717) is 0 Å². The first-order chi connectivity index (χ1) is 6.75. The van der Waals surface area contributed by atoms with E-state index in [4.69, 9.17) is 11.6 Å². The summed E-state index contributed by atoms with van der Waals surface area (Å²) in [6.07, 6.45) is -4.61. The van der Waals surface area contributed by atoms with Crippen molar-refractivity contribution in [3.8, 4) is 0 Å². The minimum atomic E-state index is -4.61. The normalized spacial score (nSPS) is 11.6. The van der Waals surface area contributed by atoms with Crippen molar-refractivity contribution in [2.75, 3.05) is 0 Å². The molecule has 0 bridgehead atoms. The van der Waals surface area contributed by atoms with Gasteiger partial charge in [-0.3, -0.25) is 4.79 Å². The Bertz CT molecular complexity index is 415. The Morgan fingerprint density at radius 2 is 1.93 bits per heavy atom. The van der Waals surface area contributed by atoms with Gasteiger partial charge in [-0.15, -0.1) is 0 Å². The van der Waals surface area contributed by atoms with Gasteiger partial charge >= 0.3 is 6.18 Å². The smallest absolute Gasteiger partial charge is 0.294 e. The highest BCUT2D eigenvalue weighted by atomic mass is 79.9. The zero-order valence-corrected chi connectivity index (χ0v) is 9.79. The molecule has 82 valence electrons. The first-order valence-electron chi connectivity index (χ1n) is 3.81. The third kappa shape index (κ3) is 2.52. The zero-order valence-electron chi connectivity index (χ0n) is 7.45. The molecule has 0 saturated carbocycles. The van der Waals surface area contributed by atoms with E-state index in [1.54, 1.807) is 0 Å². The second-order valence-electron chi connectivity index (χ2n) is 2.84. The highest BCUT2D eigenvalue weighted by Gasteiger charge is 2.37. The van der Waals surface area contributed by atoms with Gasteiger partial charge in [0.2, 0.25) is 0 Å². The van der Waals surface area contributed by atoms with Crippen LogP contribution < -0.4 is 0 Å². The molecule has 0 heterocycles. The van der Waals surface area contributed by atoms with Gasteiger partial charge in [0.15, 0.2) is 5.78 Å². The van der Waals surface area contributed by atoms with Crippen LogP contribution in [0.5, 0.6) is 0 Å². The summed E-state index contributed by atoms with van der Waals surface area (Å²) in [5.41, 5.74) is -1.42. The average molecular weight is 301 g/mol. The molecule has 0 saturated heterocycles. The van der Waals surface area contributed by atoms with E-state index < -0.39 is 23.1 Å². The van der Waals surface area contributed by atoms with Crippen molar-refractivity contribution in [3.05, 3.63) is 32.8 Å². The van der Waals surface area contributed by atoms with Crippen LogP contribution in [0, 0.1) is 0 Å². The summed E-state index contributed by atoms with van der Waals surface area (Å²) < 4.78 is 37.5. The second kappa shape index (κ2) is 4.14. The van der Waals surface area contributed by atoms with E-state index in [1.807, 2.05) is 0 Å². The Hall–Kier alpha value is -0.550. The van der Waals surface area contributed by atoms with Gasteiger partial charge in [-0.05, 0) is 35.0 Å². The van der Waals surface area contributed by atoms with E-state index in [-0.39, 0.29) is 9.50 Å². The zero-order chi connectivity index (χ0) is 11.8. The van der Waals surface area contributed by atoms with Crippen molar-refractivity contribution in [1.29, 1.82) is 0 Å². The Morgan fingerprint density at radius 3 is 2.33 bits per heavy atom. The average Bonchev–Trinajstić information content (AvgIpc) is 2.06. The number of ketones is 1. The Kier molecular flexibility index (Phi) is 3.45. The number of benzene rings is 1. The maximum Gasteiger partial charge on any atom is 0.418 e. The van der Waals surface area contributed by atoms with Gasteiger partial charge in [-0.2, -0.15) is 13.2 Å². The fourth-order valence-electron chi connectivity index (χ4n) is 1.12. The maximum absolute atomic E-state index is 12.6. The number of carbonyl (C=O) groups is 1. The highest BCUT2D eigenvalue weighted by Crippen LogP contribution is 2.40. The van der Waals surface area contributed by atoms with Crippen molar-refractivity contribution in [2.24, 2.45) is 0 Å². The third-order valence-corrected chi connectivity index (χ3v) is 3.12. The lowest BCUT2D eigenvalue weighted by Crippen LogP contribution is -2.12. The summed E-state index contributed by atoms with van der Waals surface area (Å²) in [6, 6.07) is 2.32. The van der Waals surface area contributed by atoms with Crippen LogP contribution in [0.15, 0.2) is 16.6 Å². The third-order valence-electron chi connectivity index (χ3n) is 1.76. The summed E-state index contributed by atoms with van der Waals surface area (Å²) in [4.78, 5) is 11.0. The van der Waals surface area contributed by atoms with Crippen LogP contribution >= 0.6 is 27.5 Å². The molecule has 0 aromatic heterocycles. The molecule has 0 unspecified atom stereocenters. The number of hydrogen-bond donors (Lipinski definition) is 0. The van der Waals surface area contributed by atoms with Crippen LogP contribution in [0.1, 0.15) is 22.8 Å².